The van der Waals surface area contributed by atoms with E-state index in [1.165, 1.54) is 11.8 Å². The van der Waals surface area contributed by atoms with Crippen LogP contribution in [0.4, 0.5) is 0 Å². The lowest BCUT2D eigenvalue weighted by molar-refractivity contribution is -0.109. The van der Waals surface area contributed by atoms with E-state index in [9.17, 15) is 4.79 Å². The van der Waals surface area contributed by atoms with Crippen molar-refractivity contribution in [2.24, 2.45) is 0 Å². The Morgan fingerprint density at radius 3 is 2.50 bits per heavy atom. The van der Waals surface area contributed by atoms with Gasteiger partial charge in [-0.1, -0.05) is 18.7 Å². The zero-order chi connectivity index (χ0) is 12.0. The van der Waals surface area contributed by atoms with E-state index in [2.05, 4.69) is 0 Å². The van der Waals surface area contributed by atoms with Gasteiger partial charge in [-0.05, 0) is 19.8 Å². The number of hydrogen-bond donors (Lipinski definition) is 0. The van der Waals surface area contributed by atoms with Crippen LogP contribution >= 0.6 is 11.8 Å². The van der Waals surface area contributed by atoms with Gasteiger partial charge in [-0.2, -0.15) is 0 Å². The molecule has 1 saturated heterocycles. The molecule has 0 spiro atoms. The van der Waals surface area contributed by atoms with Crippen LogP contribution in [0.5, 0.6) is 0 Å². The molecule has 0 N–H and O–H groups in total. The fraction of sp³-hybridized carbons (Fsp3) is 0.900. The van der Waals surface area contributed by atoms with Crippen molar-refractivity contribution >= 4 is 25.7 Å². The Balaban J connectivity index is 2.74. The van der Waals surface area contributed by atoms with Gasteiger partial charge in [0.15, 0.2) is 5.12 Å². The minimum Gasteiger partial charge on any atom is -0.373 e. The fourth-order valence-electron chi connectivity index (χ4n) is 1.70. The summed E-state index contributed by atoms with van der Waals surface area (Å²) < 4.78 is 17.3. The molecule has 0 amide bonds. The second kappa shape index (κ2) is 6.76. The van der Waals surface area contributed by atoms with Gasteiger partial charge in [0.2, 0.25) is 0 Å². The van der Waals surface area contributed by atoms with Crippen molar-refractivity contribution in [3.63, 3.8) is 0 Å². The molecule has 0 aromatic rings. The van der Waals surface area contributed by atoms with Gasteiger partial charge in [0.1, 0.15) is 0 Å². The molecule has 16 heavy (non-hydrogen) atoms. The predicted molar refractivity (Wildman–Crippen MR) is 66.3 cm³/mol. The third kappa shape index (κ3) is 3.56. The van der Waals surface area contributed by atoms with Crippen LogP contribution in [-0.4, -0.2) is 38.6 Å². The summed E-state index contributed by atoms with van der Waals surface area (Å²) in [4.78, 5) is 11.3. The van der Waals surface area contributed by atoms with Crippen molar-refractivity contribution < 1.29 is 18.1 Å². The minimum absolute atomic E-state index is 0.0326. The number of carbonyl (C=O) groups excluding carboxylic acids is 1. The average molecular weight is 264 g/mol. The fourth-order valence-corrected chi connectivity index (χ4v) is 6.52. The van der Waals surface area contributed by atoms with E-state index in [0.29, 0.717) is 19.8 Å². The van der Waals surface area contributed by atoms with Crippen molar-refractivity contribution in [3.05, 3.63) is 0 Å². The molecular formula is C10H20O4SSi. The smallest absolute Gasteiger partial charge is 0.373 e. The summed E-state index contributed by atoms with van der Waals surface area (Å²) in [6.07, 6.45) is 1.74. The van der Waals surface area contributed by atoms with Gasteiger partial charge in [0.05, 0.1) is 4.87 Å². The molecule has 0 aromatic carbocycles. The summed E-state index contributed by atoms with van der Waals surface area (Å²) in [6, 6.07) is 0. The summed E-state index contributed by atoms with van der Waals surface area (Å²) in [5, 5.41) is 0.0937. The molecule has 4 nitrogen and oxygen atoms in total. The van der Waals surface area contributed by atoms with Crippen molar-refractivity contribution in [1.29, 1.82) is 0 Å². The molecule has 0 saturated carbocycles. The van der Waals surface area contributed by atoms with Crippen LogP contribution in [-0.2, 0) is 18.1 Å². The molecule has 0 radical (unpaired) electrons. The highest BCUT2D eigenvalue weighted by atomic mass is 32.2. The van der Waals surface area contributed by atoms with E-state index < -0.39 is 8.80 Å². The average Bonchev–Trinajstić information content (AvgIpc) is 2.27. The van der Waals surface area contributed by atoms with E-state index in [1.807, 2.05) is 13.8 Å². The van der Waals surface area contributed by atoms with E-state index in [1.54, 1.807) is 6.92 Å². The maximum atomic E-state index is 11.2. The van der Waals surface area contributed by atoms with Crippen LogP contribution < -0.4 is 0 Å². The third-order valence-corrected chi connectivity index (χ3v) is 7.58. The number of carbonyl (C=O) groups is 1. The zero-order valence-electron chi connectivity index (χ0n) is 10.2. The van der Waals surface area contributed by atoms with Crippen molar-refractivity contribution in [3.8, 4) is 0 Å². The summed E-state index contributed by atoms with van der Waals surface area (Å²) in [7, 11) is -2.63. The summed E-state index contributed by atoms with van der Waals surface area (Å²) in [5.74, 6) is 0. The molecule has 1 heterocycles. The summed E-state index contributed by atoms with van der Waals surface area (Å²) >= 11 is 1.29. The van der Waals surface area contributed by atoms with Crippen LogP contribution in [0.25, 0.3) is 0 Å². The predicted octanol–water partition coefficient (Wildman–Crippen LogP) is 2.00. The third-order valence-electron chi connectivity index (χ3n) is 2.31. The van der Waals surface area contributed by atoms with E-state index in [0.717, 1.165) is 12.8 Å². The van der Waals surface area contributed by atoms with Gasteiger partial charge in [-0.3, -0.25) is 4.79 Å². The highest BCUT2D eigenvalue weighted by Crippen LogP contribution is 2.30. The molecule has 1 fully saturated rings. The first kappa shape index (κ1) is 14.2. The topological polar surface area (TPSA) is 44.8 Å². The van der Waals surface area contributed by atoms with Crippen LogP contribution in [0, 0.1) is 0 Å². The van der Waals surface area contributed by atoms with E-state index >= 15 is 0 Å². The lowest BCUT2D eigenvalue weighted by atomic mass is 10.5. The summed E-state index contributed by atoms with van der Waals surface area (Å²) in [5.41, 5.74) is 0. The molecule has 1 rings (SSSR count). The first-order valence-electron chi connectivity index (χ1n) is 5.73. The van der Waals surface area contributed by atoms with Crippen LogP contribution in [0.3, 0.4) is 0 Å². The Morgan fingerprint density at radius 1 is 1.44 bits per heavy atom. The maximum absolute atomic E-state index is 11.2. The van der Waals surface area contributed by atoms with Gasteiger partial charge >= 0.3 is 8.80 Å². The highest BCUT2D eigenvalue weighted by molar-refractivity contribution is 8.15. The SMILES string of the molecule is CCO[Si]1(C(CC)SC(C)=O)OCCCO1. The molecule has 0 aromatic heterocycles. The Kier molecular flexibility index (Phi) is 5.99. The zero-order valence-corrected chi connectivity index (χ0v) is 12.0. The van der Waals surface area contributed by atoms with Crippen LogP contribution in [0.1, 0.15) is 33.6 Å². The standard InChI is InChI=1S/C10H20O4SSi/c1-4-10(15-9(3)11)16(12-5-2)13-7-6-8-14-16/h10H,4-8H2,1-3H3. The van der Waals surface area contributed by atoms with Gasteiger partial charge in [-0.15, -0.1) is 0 Å². The molecular weight excluding hydrogens is 244 g/mol. The van der Waals surface area contributed by atoms with Crippen LogP contribution in [0.15, 0.2) is 0 Å². The van der Waals surface area contributed by atoms with E-state index in [4.69, 9.17) is 13.3 Å². The number of hydrogen-bond acceptors (Lipinski definition) is 5. The van der Waals surface area contributed by atoms with Crippen molar-refractivity contribution in [2.75, 3.05) is 19.8 Å². The van der Waals surface area contributed by atoms with Crippen molar-refractivity contribution in [2.45, 2.75) is 38.5 Å². The largest absolute Gasteiger partial charge is 0.515 e. The molecule has 0 aliphatic carbocycles. The lowest BCUT2D eigenvalue weighted by Gasteiger charge is -2.37. The Hall–Kier alpha value is 0.117. The summed E-state index contributed by atoms with van der Waals surface area (Å²) in [6.45, 7) is 7.48. The van der Waals surface area contributed by atoms with E-state index in [-0.39, 0.29) is 9.99 Å². The van der Waals surface area contributed by atoms with Crippen LogP contribution in [0.2, 0.25) is 0 Å². The molecule has 1 atom stereocenters. The second-order valence-electron chi connectivity index (χ2n) is 3.59. The number of thioether (sulfide) groups is 1. The first-order chi connectivity index (χ1) is 7.64. The molecule has 0 bridgehead atoms. The Morgan fingerprint density at radius 2 is 2.06 bits per heavy atom. The number of rotatable bonds is 5. The minimum atomic E-state index is -2.63. The van der Waals surface area contributed by atoms with Crippen molar-refractivity contribution in [1.82, 2.24) is 0 Å². The second-order valence-corrected chi connectivity index (χ2v) is 8.16. The van der Waals surface area contributed by atoms with Gasteiger partial charge in [0.25, 0.3) is 0 Å². The monoisotopic (exact) mass is 264 g/mol. The molecule has 6 heteroatoms. The van der Waals surface area contributed by atoms with Gasteiger partial charge < -0.3 is 13.3 Å². The lowest BCUT2D eigenvalue weighted by Crippen LogP contribution is -2.57. The molecule has 94 valence electrons. The highest BCUT2D eigenvalue weighted by Gasteiger charge is 2.51. The Bertz CT molecular complexity index is 225. The molecule has 1 aliphatic rings. The normalized spacial score (nSPS) is 21.7. The molecule has 1 aliphatic heterocycles. The van der Waals surface area contributed by atoms with Gasteiger partial charge in [-0.25, -0.2) is 0 Å². The van der Waals surface area contributed by atoms with Gasteiger partial charge in [0, 0.05) is 26.7 Å². The quantitative estimate of drug-likeness (QED) is 0.711. The Labute approximate surface area is 102 Å². The maximum Gasteiger partial charge on any atom is 0.515 e. The first-order valence-corrected chi connectivity index (χ1v) is 8.42. The molecule has 1 unspecified atom stereocenters.